The van der Waals surface area contributed by atoms with Gasteiger partial charge in [-0.15, -0.1) is 0 Å². The van der Waals surface area contributed by atoms with Gasteiger partial charge >= 0.3 is 11.9 Å². The second-order valence-electron chi connectivity index (χ2n) is 11.8. The lowest BCUT2D eigenvalue weighted by Crippen LogP contribution is -2.35. The summed E-state index contributed by atoms with van der Waals surface area (Å²) in [4.78, 5) is 46.2. The fourth-order valence-corrected chi connectivity index (χ4v) is 2.90. The maximum absolute atomic E-state index is 12.5. The average Bonchev–Trinajstić information content (AvgIpc) is 2.54. The zero-order chi connectivity index (χ0) is 26.3. The van der Waals surface area contributed by atoms with Gasteiger partial charge in [-0.3, -0.25) is 4.79 Å². The van der Waals surface area contributed by atoms with Crippen LogP contribution in [0, 0.1) is 0 Å². The van der Waals surface area contributed by atoms with Crippen LogP contribution in [-0.4, -0.2) is 46.6 Å². The van der Waals surface area contributed by atoms with Crippen LogP contribution in [0.15, 0.2) is 12.2 Å². The Balaban J connectivity index is 4.63. The first-order valence-electron chi connectivity index (χ1n) is 11.4. The van der Waals surface area contributed by atoms with Gasteiger partial charge in [0.1, 0.15) is 11.2 Å². The molecule has 194 valence electrons. The lowest BCUT2D eigenvalue weighted by atomic mass is 10.0. The molecule has 8 heteroatoms. The molecule has 0 rings (SSSR count). The van der Waals surface area contributed by atoms with Gasteiger partial charge < -0.3 is 9.47 Å². The summed E-state index contributed by atoms with van der Waals surface area (Å²) in [5.41, 5.74) is -2.53. The minimum atomic E-state index is -0.844. The highest BCUT2D eigenvalue weighted by atomic mass is 17.2. The van der Waals surface area contributed by atoms with Crippen LogP contribution >= 0.6 is 0 Å². The third-order valence-corrected chi connectivity index (χ3v) is 3.89. The van der Waals surface area contributed by atoms with E-state index in [2.05, 4.69) is 6.58 Å². The molecule has 33 heavy (non-hydrogen) atoms. The molecule has 0 fully saturated rings. The first-order chi connectivity index (χ1) is 14.6. The van der Waals surface area contributed by atoms with Crippen LogP contribution < -0.4 is 0 Å². The molecule has 0 aliphatic rings. The van der Waals surface area contributed by atoms with E-state index in [1.807, 2.05) is 55.4 Å². The molecule has 0 spiro atoms. The maximum Gasteiger partial charge on any atom is 0.334 e. The smallest absolute Gasteiger partial charge is 0.334 e. The molecule has 0 amide bonds. The third-order valence-electron chi connectivity index (χ3n) is 3.89. The van der Waals surface area contributed by atoms with Gasteiger partial charge in [0.05, 0.1) is 29.8 Å². The van der Waals surface area contributed by atoms with E-state index in [1.54, 1.807) is 27.7 Å². The van der Waals surface area contributed by atoms with E-state index in [0.29, 0.717) is 12.8 Å². The molecule has 0 bridgehead atoms. The van der Waals surface area contributed by atoms with Gasteiger partial charge in [0.2, 0.25) is 0 Å². The molecule has 0 N–H and O–H groups in total. The summed E-state index contributed by atoms with van der Waals surface area (Å²) in [5, 5.41) is 0. The van der Waals surface area contributed by atoms with Crippen LogP contribution in [-0.2, 0) is 38.6 Å². The summed E-state index contributed by atoms with van der Waals surface area (Å²) < 4.78 is 11.1. The molecule has 0 aliphatic carbocycles. The standard InChI is InChI=1S/C25H46O8/c1-17(21(27)29-25(12,13)16-19(3)31-33-23(7,8)9)14-20(26)28-24(10,11)15-18(2)30-32-22(4,5)6/h18-19H,1,14-16H2,2-13H3. The van der Waals surface area contributed by atoms with Crippen molar-refractivity contribution < 1.29 is 38.6 Å². The van der Waals surface area contributed by atoms with Crippen molar-refractivity contribution in [3.05, 3.63) is 12.2 Å². The van der Waals surface area contributed by atoms with Gasteiger partial charge in [-0.05, 0) is 83.1 Å². The second-order valence-corrected chi connectivity index (χ2v) is 11.8. The summed E-state index contributed by atoms with van der Waals surface area (Å²) in [6, 6.07) is 0. The lowest BCUT2D eigenvalue weighted by Gasteiger charge is -2.30. The highest BCUT2D eigenvalue weighted by molar-refractivity contribution is 5.93. The fourth-order valence-electron chi connectivity index (χ4n) is 2.90. The Morgan fingerprint density at radius 2 is 1.06 bits per heavy atom. The highest BCUT2D eigenvalue weighted by Crippen LogP contribution is 2.24. The van der Waals surface area contributed by atoms with Gasteiger partial charge in [-0.1, -0.05) is 6.58 Å². The van der Waals surface area contributed by atoms with Crippen molar-refractivity contribution in [1.82, 2.24) is 0 Å². The Morgan fingerprint density at radius 1 is 0.697 bits per heavy atom. The Morgan fingerprint density at radius 3 is 1.42 bits per heavy atom. The number of rotatable bonds is 13. The number of esters is 2. The Bertz CT molecular complexity index is 652. The van der Waals surface area contributed by atoms with Crippen molar-refractivity contribution in [3.63, 3.8) is 0 Å². The predicted octanol–water partition coefficient (Wildman–Crippen LogP) is 5.63. The summed E-state index contributed by atoms with van der Waals surface area (Å²) in [5.74, 6) is -1.23. The van der Waals surface area contributed by atoms with Crippen LogP contribution in [0.3, 0.4) is 0 Å². The first-order valence-corrected chi connectivity index (χ1v) is 11.4. The SMILES string of the molecule is C=C(CC(=O)OC(C)(C)CC(C)OOC(C)(C)C)C(=O)OC(C)(C)CC(C)OOC(C)(C)C. The molecule has 0 aromatic heterocycles. The summed E-state index contributed by atoms with van der Waals surface area (Å²) in [6.07, 6.45) is -0.0721. The number of carbonyl (C=O) groups is 2. The Kier molecular flexibility index (Phi) is 11.7. The molecule has 2 unspecified atom stereocenters. The minimum Gasteiger partial charge on any atom is -0.459 e. The summed E-state index contributed by atoms with van der Waals surface area (Å²) in [7, 11) is 0. The molecular weight excluding hydrogens is 428 g/mol. The number of hydrogen-bond donors (Lipinski definition) is 0. The average molecular weight is 475 g/mol. The van der Waals surface area contributed by atoms with Crippen molar-refractivity contribution in [2.45, 2.75) is 137 Å². The van der Waals surface area contributed by atoms with Crippen LogP contribution in [0.4, 0.5) is 0 Å². The van der Waals surface area contributed by atoms with Crippen LogP contribution in [0.1, 0.15) is 102 Å². The maximum atomic E-state index is 12.5. The van der Waals surface area contributed by atoms with Crippen molar-refractivity contribution in [2.75, 3.05) is 0 Å². The van der Waals surface area contributed by atoms with E-state index in [0.717, 1.165) is 0 Å². The van der Waals surface area contributed by atoms with Crippen molar-refractivity contribution in [2.24, 2.45) is 0 Å². The quantitative estimate of drug-likeness (QED) is 0.147. The van der Waals surface area contributed by atoms with Crippen molar-refractivity contribution in [1.29, 1.82) is 0 Å². The monoisotopic (exact) mass is 474 g/mol. The number of carbonyl (C=O) groups excluding carboxylic acids is 2. The Hall–Kier alpha value is -1.48. The fraction of sp³-hybridized carbons (Fsp3) is 0.840. The van der Waals surface area contributed by atoms with Gasteiger partial charge in [-0.2, -0.15) is 0 Å². The number of ether oxygens (including phenoxy) is 2. The van der Waals surface area contributed by atoms with Crippen molar-refractivity contribution in [3.8, 4) is 0 Å². The molecule has 8 nitrogen and oxygen atoms in total. The minimum absolute atomic E-state index is 0.0174. The van der Waals surface area contributed by atoms with Gasteiger partial charge in [0.15, 0.2) is 0 Å². The van der Waals surface area contributed by atoms with Gasteiger partial charge in [0, 0.05) is 18.4 Å². The van der Waals surface area contributed by atoms with Crippen molar-refractivity contribution >= 4 is 11.9 Å². The van der Waals surface area contributed by atoms with E-state index in [9.17, 15) is 9.59 Å². The predicted molar refractivity (Wildman–Crippen MR) is 126 cm³/mol. The highest BCUT2D eigenvalue weighted by Gasteiger charge is 2.31. The van der Waals surface area contributed by atoms with E-state index in [4.69, 9.17) is 29.0 Å². The topological polar surface area (TPSA) is 89.5 Å². The molecule has 0 radical (unpaired) electrons. The molecule has 0 heterocycles. The summed E-state index contributed by atoms with van der Waals surface area (Å²) >= 11 is 0. The third kappa shape index (κ3) is 16.7. The lowest BCUT2D eigenvalue weighted by molar-refractivity contribution is -0.373. The number of hydrogen-bond acceptors (Lipinski definition) is 8. The van der Waals surface area contributed by atoms with E-state index in [1.165, 1.54) is 0 Å². The normalized spacial score (nSPS) is 15.0. The molecular formula is C25H46O8. The zero-order valence-electron chi connectivity index (χ0n) is 22.7. The molecule has 0 saturated carbocycles. The molecule has 2 atom stereocenters. The van der Waals surface area contributed by atoms with Crippen LogP contribution in [0.5, 0.6) is 0 Å². The van der Waals surface area contributed by atoms with Crippen LogP contribution in [0.2, 0.25) is 0 Å². The van der Waals surface area contributed by atoms with Gasteiger partial charge in [-0.25, -0.2) is 24.3 Å². The molecule has 0 aromatic carbocycles. The first kappa shape index (κ1) is 31.5. The Labute approximate surface area is 200 Å². The molecule has 0 saturated heterocycles. The van der Waals surface area contributed by atoms with E-state index >= 15 is 0 Å². The zero-order valence-corrected chi connectivity index (χ0v) is 22.7. The largest absolute Gasteiger partial charge is 0.459 e. The van der Waals surface area contributed by atoms with E-state index in [-0.39, 0.29) is 24.2 Å². The summed E-state index contributed by atoms with van der Waals surface area (Å²) in [6.45, 7) is 25.7. The molecule has 0 aromatic rings. The van der Waals surface area contributed by atoms with Gasteiger partial charge in [0.25, 0.3) is 0 Å². The second kappa shape index (κ2) is 12.3. The van der Waals surface area contributed by atoms with E-state index < -0.39 is 34.3 Å². The molecule has 0 aliphatic heterocycles. The van der Waals surface area contributed by atoms with Crippen LogP contribution in [0.25, 0.3) is 0 Å².